The molecule has 3 aromatic rings. The number of rotatable bonds is 4. The molecule has 3 heteroatoms. The Hall–Kier alpha value is -2.81. The summed E-state index contributed by atoms with van der Waals surface area (Å²) in [6.07, 6.45) is -0.567. The number of fused-ring (bicyclic) bond motifs is 1. The Morgan fingerprint density at radius 3 is 2.43 bits per heavy atom. The van der Waals surface area contributed by atoms with Crippen molar-refractivity contribution in [3.05, 3.63) is 72.3 Å². The molecule has 0 bridgehead atoms. The van der Waals surface area contributed by atoms with E-state index in [1.54, 1.807) is 6.92 Å². The van der Waals surface area contributed by atoms with Crippen LogP contribution >= 0.6 is 0 Å². The summed E-state index contributed by atoms with van der Waals surface area (Å²) in [5, 5.41) is 5.15. The Morgan fingerprint density at radius 2 is 1.65 bits per heavy atom. The summed E-state index contributed by atoms with van der Waals surface area (Å²) in [6.45, 7) is 3.71. The number of ether oxygens (including phenoxy) is 1. The van der Waals surface area contributed by atoms with E-state index in [1.165, 1.54) is 0 Å². The SMILES string of the molecule is Cc1ccccc1O[C@@H](C)C(=O)Nc1ccc2ccccc2c1. The maximum atomic E-state index is 12.3. The van der Waals surface area contributed by atoms with Crippen molar-refractivity contribution < 1.29 is 9.53 Å². The maximum Gasteiger partial charge on any atom is 0.265 e. The molecule has 23 heavy (non-hydrogen) atoms. The Kier molecular flexibility index (Phi) is 4.29. The summed E-state index contributed by atoms with van der Waals surface area (Å²) < 4.78 is 5.75. The minimum atomic E-state index is -0.567. The third kappa shape index (κ3) is 3.51. The van der Waals surface area contributed by atoms with Gasteiger partial charge in [0.2, 0.25) is 0 Å². The molecule has 0 aliphatic rings. The summed E-state index contributed by atoms with van der Waals surface area (Å²) in [5.74, 6) is 0.567. The molecule has 116 valence electrons. The highest BCUT2D eigenvalue weighted by Crippen LogP contribution is 2.20. The van der Waals surface area contributed by atoms with E-state index in [0.29, 0.717) is 0 Å². The van der Waals surface area contributed by atoms with E-state index in [1.807, 2.05) is 73.7 Å². The highest BCUT2D eigenvalue weighted by molar-refractivity contribution is 5.96. The van der Waals surface area contributed by atoms with Gasteiger partial charge in [0, 0.05) is 5.69 Å². The van der Waals surface area contributed by atoms with Crippen molar-refractivity contribution in [3.8, 4) is 5.75 Å². The normalized spacial score (nSPS) is 11.9. The van der Waals surface area contributed by atoms with Gasteiger partial charge >= 0.3 is 0 Å². The van der Waals surface area contributed by atoms with Gasteiger partial charge in [-0.1, -0.05) is 48.5 Å². The van der Waals surface area contributed by atoms with E-state index in [4.69, 9.17) is 4.74 Å². The third-order valence-electron chi connectivity index (χ3n) is 3.78. The van der Waals surface area contributed by atoms with Crippen LogP contribution in [0.2, 0.25) is 0 Å². The lowest BCUT2D eigenvalue weighted by atomic mass is 10.1. The fourth-order valence-corrected chi connectivity index (χ4v) is 2.44. The summed E-state index contributed by atoms with van der Waals surface area (Å²) >= 11 is 0. The van der Waals surface area contributed by atoms with Crippen molar-refractivity contribution in [1.82, 2.24) is 0 Å². The first kappa shape index (κ1) is 15.1. The molecule has 1 atom stereocenters. The lowest BCUT2D eigenvalue weighted by Gasteiger charge is -2.16. The molecule has 0 aliphatic heterocycles. The number of nitrogens with one attached hydrogen (secondary N) is 1. The van der Waals surface area contributed by atoms with Crippen LogP contribution in [0.15, 0.2) is 66.7 Å². The largest absolute Gasteiger partial charge is 0.481 e. The Bertz CT molecular complexity index is 842. The van der Waals surface area contributed by atoms with Crippen molar-refractivity contribution in [2.24, 2.45) is 0 Å². The van der Waals surface area contributed by atoms with Crippen LogP contribution in [0.1, 0.15) is 12.5 Å². The predicted octanol–water partition coefficient (Wildman–Crippen LogP) is 4.55. The van der Waals surface area contributed by atoms with Gasteiger partial charge in [-0.3, -0.25) is 4.79 Å². The Morgan fingerprint density at radius 1 is 0.957 bits per heavy atom. The fourth-order valence-electron chi connectivity index (χ4n) is 2.44. The zero-order chi connectivity index (χ0) is 16.2. The number of anilines is 1. The van der Waals surface area contributed by atoms with Crippen LogP contribution < -0.4 is 10.1 Å². The van der Waals surface area contributed by atoms with E-state index in [2.05, 4.69) is 5.32 Å². The van der Waals surface area contributed by atoms with Gasteiger partial charge in [0.05, 0.1) is 0 Å². The molecule has 3 nitrogen and oxygen atoms in total. The molecule has 0 saturated carbocycles. The predicted molar refractivity (Wildman–Crippen MR) is 93.8 cm³/mol. The minimum Gasteiger partial charge on any atom is -0.481 e. The van der Waals surface area contributed by atoms with Gasteiger partial charge in [0.25, 0.3) is 5.91 Å². The van der Waals surface area contributed by atoms with Gasteiger partial charge in [0.15, 0.2) is 6.10 Å². The highest BCUT2D eigenvalue weighted by Gasteiger charge is 2.15. The summed E-state index contributed by atoms with van der Waals surface area (Å²) in [4.78, 5) is 12.3. The number of hydrogen-bond donors (Lipinski definition) is 1. The zero-order valence-corrected chi connectivity index (χ0v) is 13.2. The molecule has 0 fully saturated rings. The number of aryl methyl sites for hydroxylation is 1. The summed E-state index contributed by atoms with van der Waals surface area (Å²) in [7, 11) is 0. The van der Waals surface area contributed by atoms with Crippen molar-refractivity contribution >= 4 is 22.4 Å². The molecular weight excluding hydrogens is 286 g/mol. The smallest absolute Gasteiger partial charge is 0.265 e. The van der Waals surface area contributed by atoms with Crippen LogP contribution in [0.5, 0.6) is 5.75 Å². The number of carbonyl (C=O) groups excluding carboxylic acids is 1. The standard InChI is InChI=1S/C20H19NO2/c1-14-7-3-6-10-19(14)23-15(2)20(22)21-18-12-11-16-8-4-5-9-17(16)13-18/h3-13,15H,1-2H3,(H,21,22)/t15-/m0/s1. The van der Waals surface area contributed by atoms with Crippen LogP contribution in [0.3, 0.4) is 0 Å². The number of hydrogen-bond acceptors (Lipinski definition) is 2. The number of carbonyl (C=O) groups is 1. The molecule has 0 aromatic heterocycles. The second-order valence-electron chi connectivity index (χ2n) is 5.58. The molecule has 1 N–H and O–H groups in total. The van der Waals surface area contributed by atoms with E-state index in [0.717, 1.165) is 27.8 Å². The van der Waals surface area contributed by atoms with E-state index >= 15 is 0 Å². The summed E-state index contributed by atoms with van der Waals surface area (Å²) in [5.41, 5.74) is 1.78. The molecule has 0 unspecified atom stereocenters. The quantitative estimate of drug-likeness (QED) is 0.767. The van der Waals surface area contributed by atoms with E-state index in [-0.39, 0.29) is 5.91 Å². The highest BCUT2D eigenvalue weighted by atomic mass is 16.5. The second kappa shape index (κ2) is 6.53. The molecular formula is C20H19NO2. The van der Waals surface area contributed by atoms with Crippen molar-refractivity contribution in [2.45, 2.75) is 20.0 Å². The fraction of sp³-hybridized carbons (Fsp3) is 0.150. The van der Waals surface area contributed by atoms with Gasteiger partial charge in [-0.15, -0.1) is 0 Å². The van der Waals surface area contributed by atoms with Crippen molar-refractivity contribution in [3.63, 3.8) is 0 Å². The van der Waals surface area contributed by atoms with Crippen LogP contribution in [-0.2, 0) is 4.79 Å². The van der Waals surface area contributed by atoms with Gasteiger partial charge in [0.1, 0.15) is 5.75 Å². The van der Waals surface area contributed by atoms with Crippen LogP contribution in [0.25, 0.3) is 10.8 Å². The first-order valence-electron chi connectivity index (χ1n) is 7.65. The lowest BCUT2D eigenvalue weighted by Crippen LogP contribution is -2.30. The maximum absolute atomic E-state index is 12.3. The van der Waals surface area contributed by atoms with Crippen LogP contribution in [0.4, 0.5) is 5.69 Å². The second-order valence-corrected chi connectivity index (χ2v) is 5.58. The summed E-state index contributed by atoms with van der Waals surface area (Å²) in [6, 6.07) is 21.6. The number of amides is 1. The van der Waals surface area contributed by atoms with Crippen molar-refractivity contribution in [2.75, 3.05) is 5.32 Å². The first-order chi connectivity index (χ1) is 11.1. The molecule has 3 rings (SSSR count). The molecule has 0 heterocycles. The van der Waals surface area contributed by atoms with Crippen LogP contribution in [-0.4, -0.2) is 12.0 Å². The van der Waals surface area contributed by atoms with E-state index < -0.39 is 6.10 Å². The molecule has 0 aliphatic carbocycles. The number of para-hydroxylation sites is 1. The van der Waals surface area contributed by atoms with Gasteiger partial charge < -0.3 is 10.1 Å². The van der Waals surface area contributed by atoms with E-state index in [9.17, 15) is 4.79 Å². The average Bonchev–Trinajstić information content (AvgIpc) is 2.56. The lowest BCUT2D eigenvalue weighted by molar-refractivity contribution is -0.122. The van der Waals surface area contributed by atoms with Crippen molar-refractivity contribution in [1.29, 1.82) is 0 Å². The topological polar surface area (TPSA) is 38.3 Å². The monoisotopic (exact) mass is 305 g/mol. The van der Waals surface area contributed by atoms with Crippen LogP contribution in [0, 0.1) is 6.92 Å². The molecule has 0 radical (unpaired) electrons. The molecule has 0 spiro atoms. The first-order valence-corrected chi connectivity index (χ1v) is 7.65. The van der Waals surface area contributed by atoms with Gasteiger partial charge in [-0.05, 0) is 48.4 Å². The van der Waals surface area contributed by atoms with Gasteiger partial charge in [-0.25, -0.2) is 0 Å². The molecule has 0 saturated heterocycles. The Balaban J connectivity index is 1.71. The average molecular weight is 305 g/mol. The number of benzene rings is 3. The molecule has 3 aromatic carbocycles. The minimum absolute atomic E-state index is 0.163. The Labute approximate surface area is 135 Å². The molecule has 1 amide bonds. The zero-order valence-electron chi connectivity index (χ0n) is 13.2. The van der Waals surface area contributed by atoms with Gasteiger partial charge in [-0.2, -0.15) is 0 Å². The third-order valence-corrected chi connectivity index (χ3v) is 3.78.